The van der Waals surface area contributed by atoms with Gasteiger partial charge in [-0.2, -0.15) is 0 Å². The Labute approximate surface area is 147 Å². The van der Waals surface area contributed by atoms with Crippen LogP contribution in [0.4, 0.5) is 4.39 Å². The van der Waals surface area contributed by atoms with E-state index < -0.39 is 17.4 Å². The molecule has 0 aliphatic rings. The van der Waals surface area contributed by atoms with Crippen molar-refractivity contribution in [2.24, 2.45) is 0 Å². The molecule has 2 aromatic carbocycles. The van der Waals surface area contributed by atoms with Crippen LogP contribution in [0.2, 0.25) is 5.02 Å². The largest absolute Gasteiger partial charge is 0.426 e. The van der Waals surface area contributed by atoms with E-state index in [9.17, 15) is 14.0 Å². The lowest BCUT2D eigenvalue weighted by Crippen LogP contribution is -2.12. The second-order valence-corrected chi connectivity index (χ2v) is 5.86. The topological polar surface area (TPSA) is 56.5 Å². The number of hydrogen-bond donors (Lipinski definition) is 0. The summed E-state index contributed by atoms with van der Waals surface area (Å²) in [6, 6.07) is 10.4. The van der Waals surface area contributed by atoms with Gasteiger partial charge in [0.2, 0.25) is 0 Å². The Morgan fingerprint density at radius 2 is 2.04 bits per heavy atom. The predicted molar refractivity (Wildman–Crippen MR) is 92.6 cm³/mol. The molecule has 0 N–H and O–H groups in total. The molecule has 0 bridgehead atoms. The summed E-state index contributed by atoms with van der Waals surface area (Å²) >= 11 is 5.91. The van der Waals surface area contributed by atoms with Crippen LogP contribution in [-0.2, 0) is 17.6 Å². The Hall–Kier alpha value is -2.66. The maximum absolute atomic E-state index is 13.7. The van der Waals surface area contributed by atoms with Crippen molar-refractivity contribution in [1.82, 2.24) is 0 Å². The SMILES string of the molecule is CCc1cc(=O)oc2cc(OC(=O)Cc3c(F)cccc3Cl)ccc12. The number of aryl methyl sites for hydroxylation is 1. The van der Waals surface area contributed by atoms with Crippen LogP contribution in [0.15, 0.2) is 51.7 Å². The highest BCUT2D eigenvalue weighted by Crippen LogP contribution is 2.24. The van der Waals surface area contributed by atoms with Crippen LogP contribution >= 0.6 is 11.6 Å². The number of fused-ring (bicyclic) bond motifs is 1. The lowest BCUT2D eigenvalue weighted by Gasteiger charge is -2.08. The van der Waals surface area contributed by atoms with Gasteiger partial charge in [-0.05, 0) is 36.2 Å². The minimum atomic E-state index is -0.666. The number of esters is 1. The molecular weight excluding hydrogens is 347 g/mol. The summed E-state index contributed by atoms with van der Waals surface area (Å²) in [6.45, 7) is 1.93. The first-order valence-electron chi connectivity index (χ1n) is 7.68. The lowest BCUT2D eigenvalue weighted by atomic mass is 10.1. The average Bonchev–Trinajstić information content (AvgIpc) is 2.57. The van der Waals surface area contributed by atoms with Crippen molar-refractivity contribution >= 4 is 28.5 Å². The molecule has 0 saturated carbocycles. The summed E-state index contributed by atoms with van der Waals surface area (Å²) in [7, 11) is 0. The number of benzene rings is 2. The van der Waals surface area contributed by atoms with Crippen molar-refractivity contribution in [1.29, 1.82) is 0 Å². The molecule has 4 nitrogen and oxygen atoms in total. The highest BCUT2D eigenvalue weighted by molar-refractivity contribution is 6.31. The van der Waals surface area contributed by atoms with Crippen molar-refractivity contribution in [3.05, 3.63) is 74.9 Å². The quantitative estimate of drug-likeness (QED) is 0.395. The van der Waals surface area contributed by atoms with E-state index in [0.29, 0.717) is 12.0 Å². The number of halogens is 2. The fraction of sp³-hybridized carbons (Fsp3) is 0.158. The van der Waals surface area contributed by atoms with E-state index in [4.69, 9.17) is 20.8 Å². The molecule has 0 fully saturated rings. The minimum Gasteiger partial charge on any atom is -0.426 e. The zero-order valence-corrected chi connectivity index (χ0v) is 14.1. The highest BCUT2D eigenvalue weighted by Gasteiger charge is 2.14. The average molecular weight is 361 g/mol. The molecule has 0 radical (unpaired) electrons. The van der Waals surface area contributed by atoms with Crippen LogP contribution in [0.25, 0.3) is 11.0 Å². The van der Waals surface area contributed by atoms with Gasteiger partial charge in [-0.25, -0.2) is 9.18 Å². The Balaban J connectivity index is 1.85. The fourth-order valence-corrected chi connectivity index (χ4v) is 2.81. The van der Waals surface area contributed by atoms with Gasteiger partial charge in [0.1, 0.15) is 17.1 Å². The molecule has 1 aromatic heterocycles. The van der Waals surface area contributed by atoms with Crippen molar-refractivity contribution in [3.63, 3.8) is 0 Å². The van der Waals surface area contributed by atoms with Gasteiger partial charge in [0.15, 0.2) is 0 Å². The number of ether oxygens (including phenoxy) is 1. The number of hydrogen-bond acceptors (Lipinski definition) is 4. The zero-order valence-electron chi connectivity index (χ0n) is 13.3. The number of carbonyl (C=O) groups is 1. The smallest absolute Gasteiger partial charge is 0.336 e. The first-order valence-corrected chi connectivity index (χ1v) is 8.06. The molecule has 3 aromatic rings. The third-order valence-corrected chi connectivity index (χ3v) is 4.15. The highest BCUT2D eigenvalue weighted by atomic mass is 35.5. The normalized spacial score (nSPS) is 10.8. The maximum Gasteiger partial charge on any atom is 0.336 e. The fourth-order valence-electron chi connectivity index (χ4n) is 2.58. The molecule has 128 valence electrons. The molecule has 3 rings (SSSR count). The van der Waals surface area contributed by atoms with E-state index in [2.05, 4.69) is 0 Å². The summed E-state index contributed by atoms with van der Waals surface area (Å²) in [5.41, 5.74) is 0.793. The molecule has 1 heterocycles. The number of carbonyl (C=O) groups excluding carboxylic acids is 1. The van der Waals surface area contributed by atoms with E-state index in [0.717, 1.165) is 10.9 Å². The minimum absolute atomic E-state index is 0.0785. The lowest BCUT2D eigenvalue weighted by molar-refractivity contribution is -0.133. The molecule has 0 atom stereocenters. The Morgan fingerprint density at radius 1 is 1.24 bits per heavy atom. The van der Waals surface area contributed by atoms with Gasteiger partial charge in [-0.3, -0.25) is 4.79 Å². The van der Waals surface area contributed by atoms with Crippen molar-refractivity contribution in [2.45, 2.75) is 19.8 Å². The summed E-state index contributed by atoms with van der Waals surface area (Å²) in [6.07, 6.45) is 0.371. The van der Waals surface area contributed by atoms with Crippen LogP contribution in [-0.4, -0.2) is 5.97 Å². The third kappa shape index (κ3) is 3.72. The van der Waals surface area contributed by atoms with Crippen LogP contribution in [0.1, 0.15) is 18.1 Å². The van der Waals surface area contributed by atoms with Gasteiger partial charge >= 0.3 is 11.6 Å². The Kier molecular flexibility index (Phi) is 4.86. The van der Waals surface area contributed by atoms with E-state index in [-0.39, 0.29) is 22.8 Å². The van der Waals surface area contributed by atoms with Gasteiger partial charge in [-0.15, -0.1) is 0 Å². The molecule has 0 spiro atoms. The van der Waals surface area contributed by atoms with Gasteiger partial charge < -0.3 is 9.15 Å². The first kappa shape index (κ1) is 17.2. The molecule has 0 saturated heterocycles. The van der Waals surface area contributed by atoms with Gasteiger partial charge in [0.05, 0.1) is 6.42 Å². The summed E-state index contributed by atoms with van der Waals surface area (Å²) in [4.78, 5) is 23.7. The second-order valence-electron chi connectivity index (χ2n) is 5.45. The molecule has 0 amide bonds. The molecule has 0 aliphatic heterocycles. The number of rotatable bonds is 4. The van der Waals surface area contributed by atoms with E-state index in [1.807, 2.05) is 6.92 Å². The van der Waals surface area contributed by atoms with Crippen LogP contribution in [0, 0.1) is 5.82 Å². The summed E-state index contributed by atoms with van der Waals surface area (Å²) in [5, 5.41) is 0.938. The summed E-state index contributed by atoms with van der Waals surface area (Å²) < 4.78 is 24.1. The molecular formula is C19H14ClFO4. The molecule has 6 heteroatoms. The molecule has 0 aliphatic carbocycles. The van der Waals surface area contributed by atoms with E-state index in [1.165, 1.54) is 30.3 Å². The monoisotopic (exact) mass is 360 g/mol. The summed E-state index contributed by atoms with van der Waals surface area (Å²) in [5.74, 6) is -1.02. The van der Waals surface area contributed by atoms with Gasteiger partial charge in [0.25, 0.3) is 0 Å². The maximum atomic E-state index is 13.7. The van der Waals surface area contributed by atoms with Gasteiger partial charge in [-0.1, -0.05) is 24.6 Å². The van der Waals surface area contributed by atoms with Gasteiger partial charge in [0, 0.05) is 28.1 Å². The Bertz CT molecular complexity index is 990. The van der Waals surface area contributed by atoms with E-state index >= 15 is 0 Å². The first-order chi connectivity index (χ1) is 12.0. The van der Waals surface area contributed by atoms with Crippen LogP contribution in [0.3, 0.4) is 0 Å². The predicted octanol–water partition coefficient (Wildman–Crippen LogP) is 4.30. The van der Waals surface area contributed by atoms with Crippen LogP contribution < -0.4 is 10.4 Å². The Morgan fingerprint density at radius 3 is 2.76 bits per heavy atom. The van der Waals surface area contributed by atoms with E-state index in [1.54, 1.807) is 12.1 Å². The second kappa shape index (κ2) is 7.07. The molecule has 0 unspecified atom stereocenters. The van der Waals surface area contributed by atoms with Crippen molar-refractivity contribution < 1.29 is 18.3 Å². The standard InChI is InChI=1S/C19H14ClFO4/c1-2-11-8-18(22)25-17-9-12(6-7-13(11)17)24-19(23)10-14-15(20)4-3-5-16(14)21/h3-9H,2,10H2,1H3. The zero-order chi connectivity index (χ0) is 18.0. The van der Waals surface area contributed by atoms with Crippen molar-refractivity contribution in [2.75, 3.05) is 0 Å². The third-order valence-electron chi connectivity index (χ3n) is 3.80. The van der Waals surface area contributed by atoms with Crippen LogP contribution in [0.5, 0.6) is 5.75 Å². The molecule has 25 heavy (non-hydrogen) atoms. The van der Waals surface area contributed by atoms with Crippen molar-refractivity contribution in [3.8, 4) is 5.75 Å².